The van der Waals surface area contributed by atoms with E-state index in [2.05, 4.69) is 10.0 Å². The predicted octanol–water partition coefficient (Wildman–Crippen LogP) is 4.30. The van der Waals surface area contributed by atoms with Gasteiger partial charge in [-0.25, -0.2) is 17.5 Å². The molecular formula is C20H22ClFN2O2S2. The normalized spacial score (nSPS) is 19.1. The molecule has 0 saturated carbocycles. The van der Waals surface area contributed by atoms with Gasteiger partial charge in [0.25, 0.3) is 0 Å². The van der Waals surface area contributed by atoms with Gasteiger partial charge in [-0.1, -0.05) is 43.3 Å². The predicted molar refractivity (Wildman–Crippen MR) is 110 cm³/mol. The van der Waals surface area contributed by atoms with E-state index in [0.717, 1.165) is 46.8 Å². The second-order valence-corrected chi connectivity index (χ2v) is 11.0. The van der Waals surface area contributed by atoms with Gasteiger partial charge >= 0.3 is 0 Å². The molecule has 0 unspecified atom stereocenters. The lowest BCUT2D eigenvalue weighted by atomic mass is 9.77. The summed E-state index contributed by atoms with van der Waals surface area (Å²) in [7, 11) is -3.74. The lowest BCUT2D eigenvalue weighted by Gasteiger charge is -2.35. The first-order chi connectivity index (χ1) is 13.2. The molecule has 2 heterocycles. The second-order valence-electron chi connectivity index (χ2n) is 7.79. The van der Waals surface area contributed by atoms with E-state index < -0.39 is 15.4 Å². The van der Waals surface area contributed by atoms with E-state index in [0.29, 0.717) is 0 Å². The maximum Gasteiger partial charge on any atom is 0.242 e. The van der Waals surface area contributed by atoms with E-state index in [9.17, 15) is 12.8 Å². The first-order valence-electron chi connectivity index (χ1n) is 9.23. The second kappa shape index (κ2) is 7.29. The molecule has 2 aromatic rings. The molecule has 0 aliphatic carbocycles. The molecule has 2 N–H and O–H groups in total. The van der Waals surface area contributed by atoms with Crippen LogP contribution in [0.15, 0.2) is 45.0 Å². The molecular weight excluding hydrogens is 419 g/mol. The number of hydrogen-bond donors (Lipinski definition) is 2. The summed E-state index contributed by atoms with van der Waals surface area (Å²) in [6.07, 6.45) is 1.49. The van der Waals surface area contributed by atoms with Crippen molar-refractivity contribution in [1.29, 1.82) is 0 Å². The highest BCUT2D eigenvalue weighted by Crippen LogP contribution is 2.50. The van der Waals surface area contributed by atoms with Crippen molar-refractivity contribution in [2.75, 3.05) is 13.1 Å². The molecule has 2 aliphatic rings. The number of halogens is 2. The van der Waals surface area contributed by atoms with E-state index in [-0.39, 0.29) is 21.8 Å². The largest absolute Gasteiger partial charge is 0.317 e. The average Bonchev–Trinajstić information content (AvgIpc) is 2.62. The molecule has 1 fully saturated rings. The lowest BCUT2D eigenvalue weighted by Crippen LogP contribution is -2.42. The Labute approximate surface area is 174 Å². The molecule has 0 spiro atoms. The summed E-state index contributed by atoms with van der Waals surface area (Å²) >= 11 is 7.83. The number of nitrogens with one attached hydrogen (secondary N) is 2. The highest BCUT2D eigenvalue weighted by molar-refractivity contribution is 7.99. The van der Waals surface area contributed by atoms with Crippen molar-refractivity contribution in [2.24, 2.45) is 0 Å². The highest BCUT2D eigenvalue weighted by atomic mass is 35.5. The Hall–Kier alpha value is -1.12. The van der Waals surface area contributed by atoms with E-state index in [4.69, 9.17) is 11.6 Å². The van der Waals surface area contributed by atoms with Crippen LogP contribution in [-0.2, 0) is 15.4 Å². The van der Waals surface area contributed by atoms with Crippen molar-refractivity contribution < 1.29 is 12.8 Å². The fourth-order valence-corrected chi connectivity index (χ4v) is 7.27. The van der Waals surface area contributed by atoms with Gasteiger partial charge in [0.2, 0.25) is 10.0 Å². The summed E-state index contributed by atoms with van der Waals surface area (Å²) in [6, 6.07) is 8.01. The number of piperidine rings is 1. The van der Waals surface area contributed by atoms with Gasteiger partial charge < -0.3 is 5.32 Å². The Morgan fingerprint density at radius 3 is 2.54 bits per heavy atom. The van der Waals surface area contributed by atoms with E-state index >= 15 is 0 Å². The molecule has 0 atom stereocenters. The van der Waals surface area contributed by atoms with Gasteiger partial charge in [0.1, 0.15) is 10.7 Å². The summed E-state index contributed by atoms with van der Waals surface area (Å²) in [5, 5.41) is 3.43. The lowest BCUT2D eigenvalue weighted by molar-refractivity contribution is 0.427. The molecule has 8 heteroatoms. The molecule has 0 bridgehead atoms. The zero-order chi connectivity index (χ0) is 20.1. The Balaban J connectivity index is 1.75. The van der Waals surface area contributed by atoms with Gasteiger partial charge in [0, 0.05) is 21.2 Å². The zero-order valence-electron chi connectivity index (χ0n) is 15.7. The molecule has 0 amide bonds. The van der Waals surface area contributed by atoms with Crippen LogP contribution in [0.2, 0.25) is 5.02 Å². The molecule has 150 valence electrons. The standard InChI is InChI=1S/C20H22ClFN2O2S2/c1-20(2)14-4-3-12(22)9-17(14)27-18-11-19(16(21)10-15(18)20)28(25,26)24-13-5-7-23-8-6-13/h3-4,9-11,13,23-24H,5-8H2,1-2H3. The van der Waals surface area contributed by atoms with Gasteiger partial charge in [0.05, 0.1) is 5.02 Å². The number of fused-ring (bicyclic) bond motifs is 2. The van der Waals surface area contributed by atoms with Gasteiger partial charge in [-0.05, 0) is 61.3 Å². The van der Waals surface area contributed by atoms with E-state index in [1.807, 2.05) is 13.8 Å². The first-order valence-corrected chi connectivity index (χ1v) is 11.9. The van der Waals surface area contributed by atoms with Crippen LogP contribution in [0.4, 0.5) is 4.39 Å². The Morgan fingerprint density at radius 1 is 1.14 bits per heavy atom. The van der Waals surface area contributed by atoms with Crippen LogP contribution in [-0.4, -0.2) is 27.5 Å². The summed E-state index contributed by atoms with van der Waals surface area (Å²) in [5.74, 6) is -0.306. The molecule has 1 saturated heterocycles. The first kappa shape index (κ1) is 20.2. The number of hydrogen-bond acceptors (Lipinski definition) is 4. The fourth-order valence-electron chi connectivity index (χ4n) is 3.90. The summed E-state index contributed by atoms with van der Waals surface area (Å²) in [6.45, 7) is 5.66. The van der Waals surface area contributed by atoms with Gasteiger partial charge in [-0.15, -0.1) is 0 Å². The molecule has 4 nitrogen and oxygen atoms in total. The van der Waals surface area contributed by atoms with Crippen molar-refractivity contribution in [3.63, 3.8) is 0 Å². The maximum atomic E-state index is 13.8. The van der Waals surface area contributed by atoms with Crippen molar-refractivity contribution in [1.82, 2.24) is 10.0 Å². The monoisotopic (exact) mass is 440 g/mol. The molecule has 4 rings (SSSR count). The Kier molecular flexibility index (Phi) is 5.25. The zero-order valence-corrected chi connectivity index (χ0v) is 18.1. The van der Waals surface area contributed by atoms with E-state index in [1.54, 1.807) is 18.2 Å². The maximum absolute atomic E-state index is 13.8. The van der Waals surface area contributed by atoms with Crippen LogP contribution < -0.4 is 10.0 Å². The number of sulfonamides is 1. The summed E-state index contributed by atoms with van der Waals surface area (Å²) in [5.41, 5.74) is 1.55. The smallest absolute Gasteiger partial charge is 0.242 e. The average molecular weight is 441 g/mol. The quantitative estimate of drug-likeness (QED) is 0.747. The van der Waals surface area contributed by atoms with Crippen molar-refractivity contribution in [3.05, 3.63) is 52.3 Å². The Bertz CT molecular complexity index is 1030. The summed E-state index contributed by atoms with van der Waals surface area (Å²) in [4.78, 5) is 1.67. The van der Waals surface area contributed by atoms with Crippen LogP contribution in [0.25, 0.3) is 0 Å². The van der Waals surface area contributed by atoms with E-state index in [1.165, 1.54) is 23.9 Å². The molecule has 0 radical (unpaired) electrons. The van der Waals surface area contributed by atoms with Crippen molar-refractivity contribution in [3.8, 4) is 0 Å². The van der Waals surface area contributed by atoms with Crippen LogP contribution in [0.5, 0.6) is 0 Å². The van der Waals surface area contributed by atoms with Gasteiger partial charge in [-0.3, -0.25) is 0 Å². The minimum atomic E-state index is -3.74. The molecule has 2 aliphatic heterocycles. The van der Waals surface area contributed by atoms with Gasteiger partial charge in [0.15, 0.2) is 0 Å². The molecule has 2 aromatic carbocycles. The number of benzene rings is 2. The van der Waals surface area contributed by atoms with Crippen LogP contribution in [0, 0.1) is 5.82 Å². The van der Waals surface area contributed by atoms with Crippen LogP contribution >= 0.6 is 23.4 Å². The SMILES string of the molecule is CC1(C)c2ccc(F)cc2Sc2cc(S(=O)(=O)NC3CCNCC3)c(Cl)cc21. The van der Waals surface area contributed by atoms with Crippen LogP contribution in [0.3, 0.4) is 0 Å². The van der Waals surface area contributed by atoms with Crippen molar-refractivity contribution in [2.45, 2.75) is 52.8 Å². The highest BCUT2D eigenvalue weighted by Gasteiger charge is 2.35. The molecule has 28 heavy (non-hydrogen) atoms. The topological polar surface area (TPSA) is 58.2 Å². The summed E-state index contributed by atoms with van der Waals surface area (Å²) < 4.78 is 42.5. The minimum absolute atomic E-state index is 0.0783. The fraction of sp³-hybridized carbons (Fsp3) is 0.400. The number of rotatable bonds is 3. The molecule has 0 aromatic heterocycles. The third-order valence-corrected chi connectivity index (χ3v) is 8.60. The van der Waals surface area contributed by atoms with Crippen LogP contribution in [0.1, 0.15) is 37.8 Å². The third-order valence-electron chi connectivity index (χ3n) is 5.49. The third kappa shape index (κ3) is 3.59. The minimum Gasteiger partial charge on any atom is -0.317 e. The Morgan fingerprint density at radius 2 is 1.82 bits per heavy atom. The van der Waals surface area contributed by atoms with Crippen molar-refractivity contribution >= 4 is 33.4 Å². The van der Waals surface area contributed by atoms with Gasteiger partial charge in [-0.2, -0.15) is 0 Å².